The van der Waals surface area contributed by atoms with E-state index in [1.54, 1.807) is 0 Å². The zero-order valence-electron chi connectivity index (χ0n) is 11.7. The third-order valence-corrected chi connectivity index (χ3v) is 3.67. The third-order valence-electron chi connectivity index (χ3n) is 3.67. The maximum absolute atomic E-state index is 4.66. The van der Waals surface area contributed by atoms with Gasteiger partial charge in [0.2, 0.25) is 0 Å². The van der Waals surface area contributed by atoms with Crippen LogP contribution in [-0.4, -0.2) is 36.1 Å². The predicted molar refractivity (Wildman–Crippen MR) is 75.0 cm³/mol. The van der Waals surface area contributed by atoms with Crippen LogP contribution >= 0.6 is 0 Å². The third kappa shape index (κ3) is 3.19. The Morgan fingerprint density at radius 2 is 2.06 bits per heavy atom. The molecule has 0 aliphatic carbocycles. The molecule has 1 N–H and O–H groups in total. The van der Waals surface area contributed by atoms with Gasteiger partial charge in [0.25, 0.3) is 0 Å². The van der Waals surface area contributed by atoms with Crippen molar-refractivity contribution >= 4 is 5.82 Å². The molecule has 1 aliphatic heterocycles. The van der Waals surface area contributed by atoms with Gasteiger partial charge in [0.1, 0.15) is 5.82 Å². The van der Waals surface area contributed by atoms with E-state index < -0.39 is 0 Å². The molecular formula is C14H24N4. The highest BCUT2D eigenvalue weighted by molar-refractivity contribution is 5.43. The Morgan fingerprint density at radius 3 is 2.72 bits per heavy atom. The van der Waals surface area contributed by atoms with Crippen molar-refractivity contribution in [2.24, 2.45) is 5.92 Å². The van der Waals surface area contributed by atoms with Crippen molar-refractivity contribution < 1.29 is 0 Å². The molecule has 2 heterocycles. The largest absolute Gasteiger partial charge is 0.355 e. The second-order valence-electron chi connectivity index (χ2n) is 5.15. The van der Waals surface area contributed by atoms with Crippen molar-refractivity contribution in [2.75, 3.05) is 31.1 Å². The van der Waals surface area contributed by atoms with Crippen LogP contribution in [0, 0.1) is 19.8 Å². The van der Waals surface area contributed by atoms with E-state index in [4.69, 9.17) is 0 Å². The van der Waals surface area contributed by atoms with Gasteiger partial charge in [-0.3, -0.25) is 4.98 Å². The number of piperidine rings is 1. The lowest BCUT2D eigenvalue weighted by Gasteiger charge is -2.30. The summed E-state index contributed by atoms with van der Waals surface area (Å²) in [6.45, 7) is 10.7. The summed E-state index contributed by atoms with van der Waals surface area (Å²) in [5.74, 6) is 1.85. The first-order chi connectivity index (χ1) is 8.70. The molecule has 0 bridgehead atoms. The molecule has 1 aromatic rings. The molecule has 18 heavy (non-hydrogen) atoms. The predicted octanol–water partition coefficient (Wildman–Crippen LogP) is 1.92. The van der Waals surface area contributed by atoms with Crippen molar-refractivity contribution in [3.05, 3.63) is 17.6 Å². The Bertz CT molecular complexity index is 385. The van der Waals surface area contributed by atoms with Crippen LogP contribution in [-0.2, 0) is 0 Å². The minimum atomic E-state index is 0.785. The highest BCUT2D eigenvalue weighted by atomic mass is 15.2. The van der Waals surface area contributed by atoms with Gasteiger partial charge < -0.3 is 10.2 Å². The molecule has 0 aromatic carbocycles. The maximum atomic E-state index is 4.66. The van der Waals surface area contributed by atoms with Crippen LogP contribution in [0.5, 0.6) is 0 Å². The highest BCUT2D eigenvalue weighted by Crippen LogP contribution is 2.20. The molecule has 100 valence electrons. The fourth-order valence-electron chi connectivity index (χ4n) is 2.57. The molecule has 0 radical (unpaired) electrons. The molecule has 1 fully saturated rings. The summed E-state index contributed by atoms with van der Waals surface area (Å²) < 4.78 is 0. The van der Waals surface area contributed by atoms with Gasteiger partial charge >= 0.3 is 0 Å². The van der Waals surface area contributed by atoms with E-state index in [-0.39, 0.29) is 0 Å². The highest BCUT2D eigenvalue weighted by Gasteiger charge is 2.18. The van der Waals surface area contributed by atoms with Gasteiger partial charge in [-0.2, -0.15) is 0 Å². The topological polar surface area (TPSA) is 41.0 Å². The first-order valence-electron chi connectivity index (χ1n) is 6.96. The second-order valence-corrected chi connectivity index (χ2v) is 5.15. The van der Waals surface area contributed by atoms with E-state index in [0.717, 1.165) is 49.3 Å². The Balaban J connectivity index is 2.09. The standard InChI is InChI=1S/C14H24N4/c1-4-18(10-13-5-7-15-8-6-13)14-12(3)16-9-11(2)17-14/h9,13,15H,4-8,10H2,1-3H3. The number of rotatable bonds is 4. The Hall–Kier alpha value is -1.16. The molecule has 0 spiro atoms. The number of nitrogens with zero attached hydrogens (tertiary/aromatic N) is 3. The van der Waals surface area contributed by atoms with Crippen LogP contribution in [0.2, 0.25) is 0 Å². The lowest BCUT2D eigenvalue weighted by atomic mass is 9.97. The van der Waals surface area contributed by atoms with Gasteiger partial charge in [0.05, 0.1) is 11.4 Å². The van der Waals surface area contributed by atoms with Crippen molar-refractivity contribution in [1.82, 2.24) is 15.3 Å². The minimum Gasteiger partial charge on any atom is -0.355 e. The first kappa shape index (κ1) is 13.3. The number of aryl methyl sites for hydroxylation is 2. The maximum Gasteiger partial charge on any atom is 0.150 e. The van der Waals surface area contributed by atoms with Crippen molar-refractivity contribution in [3.8, 4) is 0 Å². The average Bonchev–Trinajstić information content (AvgIpc) is 2.40. The van der Waals surface area contributed by atoms with Crippen molar-refractivity contribution in [2.45, 2.75) is 33.6 Å². The van der Waals surface area contributed by atoms with E-state index in [1.165, 1.54) is 12.8 Å². The molecule has 1 saturated heterocycles. The molecule has 0 amide bonds. The summed E-state index contributed by atoms with van der Waals surface area (Å²) in [6, 6.07) is 0. The summed E-state index contributed by atoms with van der Waals surface area (Å²) in [7, 11) is 0. The molecule has 4 heteroatoms. The van der Waals surface area contributed by atoms with Crippen molar-refractivity contribution in [3.63, 3.8) is 0 Å². The monoisotopic (exact) mass is 248 g/mol. The molecule has 1 aromatic heterocycles. The van der Waals surface area contributed by atoms with Crippen molar-refractivity contribution in [1.29, 1.82) is 0 Å². The van der Waals surface area contributed by atoms with Crippen LogP contribution in [0.25, 0.3) is 0 Å². The number of nitrogens with one attached hydrogen (secondary N) is 1. The quantitative estimate of drug-likeness (QED) is 0.884. The number of hydrogen-bond acceptors (Lipinski definition) is 4. The molecule has 4 nitrogen and oxygen atoms in total. The molecule has 0 unspecified atom stereocenters. The Labute approximate surface area is 110 Å². The van der Waals surface area contributed by atoms with Crippen LogP contribution in [0.4, 0.5) is 5.82 Å². The van der Waals surface area contributed by atoms with E-state index in [9.17, 15) is 0 Å². The fraction of sp³-hybridized carbons (Fsp3) is 0.714. The molecule has 0 saturated carbocycles. The minimum absolute atomic E-state index is 0.785. The summed E-state index contributed by atoms with van der Waals surface area (Å²) >= 11 is 0. The summed E-state index contributed by atoms with van der Waals surface area (Å²) in [6.07, 6.45) is 4.39. The number of anilines is 1. The zero-order chi connectivity index (χ0) is 13.0. The van der Waals surface area contributed by atoms with Crippen LogP contribution in [0.15, 0.2) is 6.20 Å². The Morgan fingerprint density at radius 1 is 1.33 bits per heavy atom. The number of hydrogen-bond donors (Lipinski definition) is 1. The smallest absolute Gasteiger partial charge is 0.150 e. The van der Waals surface area contributed by atoms with E-state index in [0.29, 0.717) is 0 Å². The zero-order valence-corrected chi connectivity index (χ0v) is 11.7. The van der Waals surface area contributed by atoms with Crippen LogP contribution in [0.1, 0.15) is 31.2 Å². The van der Waals surface area contributed by atoms with Crippen LogP contribution < -0.4 is 10.2 Å². The van der Waals surface area contributed by atoms with E-state index >= 15 is 0 Å². The van der Waals surface area contributed by atoms with E-state index in [1.807, 2.05) is 20.0 Å². The van der Waals surface area contributed by atoms with E-state index in [2.05, 4.69) is 27.1 Å². The SMILES string of the molecule is CCN(CC1CCNCC1)c1nc(C)cnc1C. The first-order valence-corrected chi connectivity index (χ1v) is 6.96. The number of aromatic nitrogens is 2. The van der Waals surface area contributed by atoms with Gasteiger partial charge in [0.15, 0.2) is 0 Å². The molecule has 1 aliphatic rings. The fourth-order valence-corrected chi connectivity index (χ4v) is 2.57. The van der Waals surface area contributed by atoms with Gasteiger partial charge in [-0.25, -0.2) is 4.98 Å². The molecule has 0 atom stereocenters. The lowest BCUT2D eigenvalue weighted by molar-refractivity contribution is 0.374. The van der Waals surface area contributed by atoms with Gasteiger partial charge in [-0.1, -0.05) is 0 Å². The molecule has 2 rings (SSSR count). The summed E-state index contributed by atoms with van der Waals surface area (Å²) in [4.78, 5) is 11.5. The Kier molecular flexibility index (Phi) is 4.53. The van der Waals surface area contributed by atoms with Gasteiger partial charge in [-0.15, -0.1) is 0 Å². The van der Waals surface area contributed by atoms with Gasteiger partial charge in [0, 0.05) is 19.3 Å². The van der Waals surface area contributed by atoms with Crippen LogP contribution in [0.3, 0.4) is 0 Å². The van der Waals surface area contributed by atoms with Gasteiger partial charge in [-0.05, 0) is 52.6 Å². The average molecular weight is 248 g/mol. The summed E-state index contributed by atoms with van der Waals surface area (Å²) in [5, 5.41) is 3.42. The lowest BCUT2D eigenvalue weighted by Crippen LogP contribution is -2.37. The second kappa shape index (κ2) is 6.14. The molecular weight excluding hydrogens is 224 g/mol. The summed E-state index contributed by atoms with van der Waals surface area (Å²) in [5.41, 5.74) is 2.04. The normalized spacial score (nSPS) is 16.8.